The van der Waals surface area contributed by atoms with Crippen LogP contribution in [-0.2, 0) is 10.5 Å². The highest BCUT2D eigenvalue weighted by Gasteiger charge is 2.23. The fraction of sp³-hybridized carbons (Fsp3) is 0.533. The molecule has 3 nitrogen and oxygen atoms in total. The number of hydrogen-bond acceptors (Lipinski definition) is 3. The van der Waals surface area contributed by atoms with Gasteiger partial charge in [0.1, 0.15) is 0 Å². The lowest BCUT2D eigenvalue weighted by Gasteiger charge is -2.22. The summed E-state index contributed by atoms with van der Waals surface area (Å²) >= 11 is 1.69. The van der Waals surface area contributed by atoms with E-state index in [9.17, 15) is 4.79 Å². The van der Waals surface area contributed by atoms with E-state index in [2.05, 4.69) is 31.3 Å². The summed E-state index contributed by atoms with van der Waals surface area (Å²) in [5.41, 5.74) is 6.79. The van der Waals surface area contributed by atoms with Gasteiger partial charge < -0.3 is 11.1 Å². The third kappa shape index (κ3) is 5.66. The minimum atomic E-state index is -0.0331. The van der Waals surface area contributed by atoms with Crippen molar-refractivity contribution in [2.24, 2.45) is 11.7 Å². The quantitative estimate of drug-likeness (QED) is 0.806. The fourth-order valence-electron chi connectivity index (χ4n) is 1.72. The molecule has 0 aromatic heterocycles. The average Bonchev–Trinajstić information content (AvgIpc) is 2.39. The van der Waals surface area contributed by atoms with Crippen LogP contribution in [0.15, 0.2) is 30.3 Å². The summed E-state index contributed by atoms with van der Waals surface area (Å²) in [5, 5.41) is 2.93. The van der Waals surface area contributed by atoms with Gasteiger partial charge in [-0.1, -0.05) is 44.2 Å². The Labute approximate surface area is 120 Å². The molecule has 0 heterocycles. The highest BCUT2D eigenvalue weighted by atomic mass is 32.2. The molecule has 3 N–H and O–H groups in total. The molecule has 0 aliphatic carbocycles. The van der Waals surface area contributed by atoms with Gasteiger partial charge in [-0.15, -0.1) is 11.8 Å². The number of nitrogens with one attached hydrogen (secondary N) is 1. The van der Waals surface area contributed by atoms with E-state index in [1.807, 2.05) is 25.1 Å². The maximum absolute atomic E-state index is 12.2. The predicted molar refractivity (Wildman–Crippen MR) is 83.0 cm³/mol. The summed E-state index contributed by atoms with van der Waals surface area (Å²) in [5.74, 6) is 1.25. The number of carbonyl (C=O) groups excluding carboxylic acids is 1. The van der Waals surface area contributed by atoms with Crippen LogP contribution in [0, 0.1) is 5.92 Å². The Hall–Kier alpha value is -1.00. The Kier molecular flexibility index (Phi) is 6.95. The first-order chi connectivity index (χ1) is 9.04. The molecule has 0 saturated heterocycles. The van der Waals surface area contributed by atoms with E-state index in [0.29, 0.717) is 12.5 Å². The summed E-state index contributed by atoms with van der Waals surface area (Å²) in [6.45, 7) is 6.56. The summed E-state index contributed by atoms with van der Waals surface area (Å²) in [6.07, 6.45) is 0. The molecule has 0 saturated carbocycles. The van der Waals surface area contributed by atoms with E-state index < -0.39 is 0 Å². The molecule has 1 aromatic carbocycles. The molecule has 0 fully saturated rings. The van der Waals surface area contributed by atoms with Crippen molar-refractivity contribution in [2.75, 3.05) is 6.54 Å². The van der Waals surface area contributed by atoms with Gasteiger partial charge in [-0.3, -0.25) is 4.79 Å². The first kappa shape index (κ1) is 16.1. The first-order valence-corrected chi connectivity index (χ1v) is 7.75. The van der Waals surface area contributed by atoms with Crippen LogP contribution in [0.1, 0.15) is 26.3 Å². The van der Waals surface area contributed by atoms with Gasteiger partial charge in [-0.2, -0.15) is 0 Å². The predicted octanol–water partition coefficient (Wildman–Crippen LogP) is 2.41. The maximum Gasteiger partial charge on any atom is 0.233 e. The monoisotopic (exact) mass is 280 g/mol. The lowest BCUT2D eigenvalue weighted by molar-refractivity contribution is -0.121. The SMILES string of the molecule is CC(C)C(SCc1ccccc1)C(=O)N[C@@H](C)CN. The van der Waals surface area contributed by atoms with E-state index >= 15 is 0 Å². The van der Waals surface area contributed by atoms with E-state index in [1.165, 1.54) is 5.56 Å². The average molecular weight is 280 g/mol. The van der Waals surface area contributed by atoms with Gasteiger partial charge in [0.25, 0.3) is 0 Å². The molecule has 0 aliphatic rings. The standard InChI is InChI=1S/C15H24N2OS/c1-11(2)14(15(18)17-12(3)9-16)19-10-13-7-5-4-6-8-13/h4-8,11-12,14H,9-10,16H2,1-3H3,(H,17,18)/t12-,14?/m0/s1. The molecule has 0 bridgehead atoms. The fourth-order valence-corrected chi connectivity index (χ4v) is 2.88. The van der Waals surface area contributed by atoms with Crippen LogP contribution >= 0.6 is 11.8 Å². The topological polar surface area (TPSA) is 55.1 Å². The molecule has 1 unspecified atom stereocenters. The molecule has 0 radical (unpaired) electrons. The number of amides is 1. The molecule has 19 heavy (non-hydrogen) atoms. The normalized spacial score (nSPS) is 14.2. The second kappa shape index (κ2) is 8.23. The Bertz CT molecular complexity index is 381. The largest absolute Gasteiger partial charge is 0.351 e. The van der Waals surface area contributed by atoms with E-state index in [-0.39, 0.29) is 17.2 Å². The molecule has 4 heteroatoms. The van der Waals surface area contributed by atoms with Crippen LogP contribution in [0.5, 0.6) is 0 Å². The van der Waals surface area contributed by atoms with Gasteiger partial charge in [0.2, 0.25) is 5.91 Å². The summed E-state index contributed by atoms with van der Waals surface area (Å²) in [6, 6.07) is 10.3. The number of carbonyl (C=O) groups is 1. The summed E-state index contributed by atoms with van der Waals surface area (Å²) < 4.78 is 0. The summed E-state index contributed by atoms with van der Waals surface area (Å²) in [7, 11) is 0. The second-order valence-electron chi connectivity index (χ2n) is 5.11. The van der Waals surface area contributed by atoms with Crippen molar-refractivity contribution in [1.29, 1.82) is 0 Å². The molecular formula is C15H24N2OS. The van der Waals surface area contributed by atoms with Crippen molar-refractivity contribution in [3.63, 3.8) is 0 Å². The van der Waals surface area contributed by atoms with Crippen molar-refractivity contribution in [1.82, 2.24) is 5.32 Å². The first-order valence-electron chi connectivity index (χ1n) is 6.70. The molecule has 0 spiro atoms. The third-order valence-electron chi connectivity index (χ3n) is 2.88. The lowest BCUT2D eigenvalue weighted by Crippen LogP contribution is -2.43. The minimum Gasteiger partial charge on any atom is -0.351 e. The maximum atomic E-state index is 12.2. The Morgan fingerprint density at radius 1 is 1.26 bits per heavy atom. The van der Waals surface area contributed by atoms with Gasteiger partial charge in [0.15, 0.2) is 0 Å². The van der Waals surface area contributed by atoms with Gasteiger partial charge in [-0.05, 0) is 18.4 Å². The van der Waals surface area contributed by atoms with Crippen LogP contribution in [-0.4, -0.2) is 23.7 Å². The van der Waals surface area contributed by atoms with Gasteiger partial charge in [0.05, 0.1) is 5.25 Å². The molecule has 0 aliphatic heterocycles. The molecule has 1 aromatic rings. The van der Waals surface area contributed by atoms with Crippen molar-refractivity contribution in [3.8, 4) is 0 Å². The van der Waals surface area contributed by atoms with Crippen molar-refractivity contribution in [2.45, 2.75) is 37.8 Å². The lowest BCUT2D eigenvalue weighted by atomic mass is 10.1. The number of rotatable bonds is 7. The van der Waals surface area contributed by atoms with Crippen molar-refractivity contribution < 1.29 is 4.79 Å². The molecule has 2 atom stereocenters. The third-order valence-corrected chi connectivity index (χ3v) is 4.50. The highest BCUT2D eigenvalue weighted by molar-refractivity contribution is 7.99. The van der Waals surface area contributed by atoms with E-state index in [0.717, 1.165) is 5.75 Å². The van der Waals surface area contributed by atoms with E-state index in [1.54, 1.807) is 11.8 Å². The molecule has 1 amide bonds. The number of benzene rings is 1. The van der Waals surface area contributed by atoms with Gasteiger partial charge in [0, 0.05) is 18.3 Å². The Balaban J connectivity index is 2.55. The zero-order valence-electron chi connectivity index (χ0n) is 11.9. The van der Waals surface area contributed by atoms with Crippen LogP contribution < -0.4 is 11.1 Å². The van der Waals surface area contributed by atoms with Crippen LogP contribution in [0.4, 0.5) is 0 Å². The summed E-state index contributed by atoms with van der Waals surface area (Å²) in [4.78, 5) is 12.2. The van der Waals surface area contributed by atoms with Crippen LogP contribution in [0.2, 0.25) is 0 Å². The molecule has 106 valence electrons. The van der Waals surface area contributed by atoms with Crippen molar-refractivity contribution in [3.05, 3.63) is 35.9 Å². The number of nitrogens with two attached hydrogens (primary N) is 1. The molecule has 1 rings (SSSR count). The highest BCUT2D eigenvalue weighted by Crippen LogP contribution is 2.24. The van der Waals surface area contributed by atoms with Crippen molar-refractivity contribution >= 4 is 17.7 Å². The van der Waals surface area contributed by atoms with Gasteiger partial charge in [-0.25, -0.2) is 0 Å². The van der Waals surface area contributed by atoms with Gasteiger partial charge >= 0.3 is 0 Å². The number of hydrogen-bond donors (Lipinski definition) is 2. The zero-order chi connectivity index (χ0) is 14.3. The zero-order valence-corrected chi connectivity index (χ0v) is 12.7. The second-order valence-corrected chi connectivity index (χ2v) is 6.24. The van der Waals surface area contributed by atoms with Crippen LogP contribution in [0.25, 0.3) is 0 Å². The smallest absolute Gasteiger partial charge is 0.233 e. The molecular weight excluding hydrogens is 256 g/mol. The van der Waals surface area contributed by atoms with E-state index in [4.69, 9.17) is 5.73 Å². The Morgan fingerprint density at radius 2 is 1.89 bits per heavy atom. The Morgan fingerprint density at radius 3 is 2.42 bits per heavy atom. The minimum absolute atomic E-state index is 0.0331. The number of thioether (sulfide) groups is 1. The van der Waals surface area contributed by atoms with Crippen LogP contribution in [0.3, 0.4) is 0 Å².